The number of methoxy groups -OCH3 is 1. The van der Waals surface area contributed by atoms with Gasteiger partial charge < -0.3 is 19.6 Å². The molecule has 2 N–H and O–H groups in total. The summed E-state index contributed by atoms with van der Waals surface area (Å²) in [5.74, 6) is -3.00. The van der Waals surface area contributed by atoms with E-state index in [1.807, 2.05) is 9.80 Å². The van der Waals surface area contributed by atoms with Gasteiger partial charge in [-0.15, -0.1) is 0 Å². The third kappa shape index (κ3) is 7.50. The predicted molar refractivity (Wildman–Crippen MR) is 159 cm³/mol. The zero-order chi connectivity index (χ0) is 32.3. The second-order valence-corrected chi connectivity index (χ2v) is 11.7. The van der Waals surface area contributed by atoms with Gasteiger partial charge >= 0.3 is 12.1 Å². The summed E-state index contributed by atoms with van der Waals surface area (Å²) in [6, 6.07) is 1.73. The van der Waals surface area contributed by atoms with Crippen molar-refractivity contribution < 1.29 is 37.0 Å². The lowest BCUT2D eigenvalue weighted by Gasteiger charge is -2.34. The minimum absolute atomic E-state index is 0.0000792. The number of ether oxygens (including phenoxy) is 1. The maximum atomic E-state index is 14.8. The van der Waals surface area contributed by atoms with Crippen LogP contribution in [-0.4, -0.2) is 88.1 Å². The summed E-state index contributed by atoms with van der Waals surface area (Å²) in [7, 11) is 0.967. The molecule has 0 radical (unpaired) electrons. The number of carbonyl (C=O) groups is 2. The molecule has 3 aromatic rings. The highest BCUT2D eigenvalue weighted by atomic mass is 32.1. The smallest absolute Gasteiger partial charge is 0.420 e. The van der Waals surface area contributed by atoms with E-state index in [1.54, 1.807) is 0 Å². The first-order valence-electron chi connectivity index (χ1n) is 14.1. The Kier molecular flexibility index (Phi) is 9.53. The summed E-state index contributed by atoms with van der Waals surface area (Å²) in [5.41, 5.74) is -0.406. The van der Waals surface area contributed by atoms with Crippen LogP contribution >= 0.6 is 11.3 Å². The summed E-state index contributed by atoms with van der Waals surface area (Å²) >= 11 is 1.07. The number of amides is 1. The molecule has 0 bridgehead atoms. The van der Waals surface area contributed by atoms with Crippen molar-refractivity contribution in [2.24, 2.45) is 0 Å². The Morgan fingerprint density at radius 2 is 1.89 bits per heavy atom. The van der Waals surface area contributed by atoms with Crippen molar-refractivity contribution in [2.45, 2.75) is 32.0 Å². The number of carboxylic acids is 1. The molecule has 16 heteroatoms. The highest BCUT2D eigenvalue weighted by Crippen LogP contribution is 2.42. The monoisotopic (exact) mass is 649 g/mol. The number of benzene rings is 1. The van der Waals surface area contributed by atoms with Crippen LogP contribution in [0.2, 0.25) is 0 Å². The molecule has 11 nitrogen and oxygen atoms in total. The van der Waals surface area contributed by atoms with Crippen LogP contribution in [0.5, 0.6) is 5.75 Å². The van der Waals surface area contributed by atoms with Crippen LogP contribution in [0.3, 0.4) is 0 Å². The van der Waals surface area contributed by atoms with Gasteiger partial charge in [-0.3, -0.25) is 19.8 Å². The number of halogens is 4. The first kappa shape index (κ1) is 32.1. The van der Waals surface area contributed by atoms with E-state index < -0.39 is 35.2 Å². The first-order chi connectivity index (χ1) is 21.4. The van der Waals surface area contributed by atoms with E-state index in [2.05, 4.69) is 31.7 Å². The Hall–Kier alpha value is -4.31. The number of carboxylic acid groups (broad SMARTS) is 1. The van der Waals surface area contributed by atoms with Gasteiger partial charge in [0.25, 0.3) is 5.91 Å². The molecule has 1 aromatic carbocycles. The second kappa shape index (κ2) is 13.4. The number of thiazole rings is 1. The zero-order valence-corrected chi connectivity index (χ0v) is 25.2. The topological polar surface area (TPSA) is 124 Å². The van der Waals surface area contributed by atoms with Gasteiger partial charge in [-0.1, -0.05) is 17.9 Å². The molecule has 1 amide bonds. The maximum Gasteiger partial charge on any atom is 0.420 e. The van der Waals surface area contributed by atoms with Crippen LogP contribution in [0.4, 0.5) is 28.5 Å². The molecule has 2 saturated heterocycles. The Labute approximate surface area is 260 Å². The van der Waals surface area contributed by atoms with Crippen LogP contribution in [0.25, 0.3) is 11.3 Å². The van der Waals surface area contributed by atoms with Crippen molar-refractivity contribution >= 4 is 34.2 Å². The average Bonchev–Trinajstić information content (AvgIpc) is 3.60. The fourth-order valence-electron chi connectivity index (χ4n) is 5.26. The molecule has 2 aromatic heterocycles. The molecule has 0 saturated carbocycles. The SMILES string of the molecule is C=C1CCCN1Cc1sc(NC(=O)c2cnc(N3CCN(CCC(=O)O)CC3)cn2)nc1-c1cc(F)c(OC)c(C(F)(F)F)c1. The number of likely N-dealkylation sites (tertiary alicyclic amines) is 1. The van der Waals surface area contributed by atoms with Crippen LogP contribution in [0.15, 0.2) is 36.8 Å². The number of aliphatic carboxylic acids is 1. The molecule has 2 aliphatic heterocycles. The fraction of sp³-hybridized carbons (Fsp3) is 0.414. The van der Waals surface area contributed by atoms with Crippen molar-refractivity contribution in [1.29, 1.82) is 0 Å². The van der Waals surface area contributed by atoms with E-state index in [0.717, 1.165) is 49.1 Å². The molecule has 240 valence electrons. The minimum Gasteiger partial charge on any atom is -0.493 e. The van der Waals surface area contributed by atoms with E-state index in [-0.39, 0.29) is 35.0 Å². The molecule has 2 fully saturated rings. The molecule has 0 atom stereocenters. The van der Waals surface area contributed by atoms with Crippen molar-refractivity contribution in [3.63, 3.8) is 0 Å². The van der Waals surface area contributed by atoms with E-state index in [0.29, 0.717) is 50.0 Å². The summed E-state index contributed by atoms with van der Waals surface area (Å²) in [4.78, 5) is 43.5. The number of aromatic nitrogens is 3. The molecule has 5 rings (SSSR count). The normalized spacial score (nSPS) is 15.9. The summed E-state index contributed by atoms with van der Waals surface area (Å²) < 4.78 is 60.9. The summed E-state index contributed by atoms with van der Waals surface area (Å²) in [6.45, 7) is 8.06. The van der Waals surface area contributed by atoms with Gasteiger partial charge in [0.2, 0.25) is 0 Å². The number of nitrogens with one attached hydrogen (secondary N) is 1. The highest BCUT2D eigenvalue weighted by Gasteiger charge is 2.37. The van der Waals surface area contributed by atoms with Gasteiger partial charge in [-0.25, -0.2) is 19.3 Å². The number of hydrogen-bond donors (Lipinski definition) is 2. The second-order valence-electron chi connectivity index (χ2n) is 10.6. The number of piperazine rings is 1. The number of hydrogen-bond acceptors (Lipinski definition) is 10. The zero-order valence-electron chi connectivity index (χ0n) is 24.4. The van der Waals surface area contributed by atoms with Crippen molar-refractivity contribution in [3.8, 4) is 17.0 Å². The Morgan fingerprint density at radius 1 is 1.13 bits per heavy atom. The molecule has 0 unspecified atom stereocenters. The molecular weight excluding hydrogens is 618 g/mol. The quantitative estimate of drug-likeness (QED) is 0.298. The largest absolute Gasteiger partial charge is 0.493 e. The minimum atomic E-state index is -4.88. The number of rotatable bonds is 10. The van der Waals surface area contributed by atoms with Crippen molar-refractivity contribution in [2.75, 3.05) is 56.6 Å². The van der Waals surface area contributed by atoms with E-state index in [4.69, 9.17) is 9.84 Å². The molecule has 45 heavy (non-hydrogen) atoms. The average molecular weight is 650 g/mol. The Morgan fingerprint density at radius 3 is 2.49 bits per heavy atom. The Bertz CT molecular complexity index is 1570. The lowest BCUT2D eigenvalue weighted by Crippen LogP contribution is -2.47. The molecule has 4 heterocycles. The van der Waals surface area contributed by atoms with Crippen LogP contribution in [0.1, 0.15) is 40.2 Å². The third-order valence-corrected chi connectivity index (χ3v) is 8.58. The van der Waals surface area contributed by atoms with Gasteiger partial charge in [0.05, 0.1) is 43.0 Å². The fourth-order valence-corrected chi connectivity index (χ4v) is 6.25. The van der Waals surface area contributed by atoms with Gasteiger partial charge in [-0.2, -0.15) is 13.2 Å². The van der Waals surface area contributed by atoms with Crippen molar-refractivity contribution in [1.82, 2.24) is 24.8 Å². The van der Waals surface area contributed by atoms with E-state index >= 15 is 0 Å². The molecular formula is C29H31F4N7O4S. The van der Waals surface area contributed by atoms with Crippen LogP contribution < -0.4 is 15.0 Å². The number of anilines is 2. The maximum absolute atomic E-state index is 14.8. The standard InChI is InChI=1S/C29H31F4N7O4S/c1-17-4-3-6-40(17)16-22-25(18-12-19(29(31,32)33)26(44-2)20(30)13-18)36-28(45-22)37-27(43)21-14-35-23(15-34-21)39-10-8-38(9-11-39)7-5-24(41)42/h12-15H,1,3-11,16H2,2H3,(H,41,42)(H,36,37,43). The summed E-state index contributed by atoms with van der Waals surface area (Å²) in [6.07, 6.45) is -0.358. The van der Waals surface area contributed by atoms with E-state index in [1.165, 1.54) is 12.4 Å². The third-order valence-electron chi connectivity index (χ3n) is 7.63. The van der Waals surface area contributed by atoms with Gasteiger partial charge in [0.1, 0.15) is 17.1 Å². The molecule has 0 aliphatic carbocycles. The molecule has 2 aliphatic rings. The number of allylic oxidation sites excluding steroid dienone is 1. The highest BCUT2D eigenvalue weighted by molar-refractivity contribution is 7.16. The number of nitrogens with zero attached hydrogens (tertiary/aromatic N) is 6. The Balaban J connectivity index is 1.35. The number of alkyl halides is 3. The lowest BCUT2D eigenvalue weighted by atomic mass is 10.0. The van der Waals surface area contributed by atoms with Crippen LogP contribution in [0, 0.1) is 5.82 Å². The van der Waals surface area contributed by atoms with Crippen LogP contribution in [-0.2, 0) is 17.5 Å². The van der Waals surface area contributed by atoms with Crippen molar-refractivity contribution in [3.05, 3.63) is 58.8 Å². The van der Waals surface area contributed by atoms with Gasteiger partial charge in [-0.05, 0) is 25.0 Å². The molecule has 0 spiro atoms. The predicted octanol–water partition coefficient (Wildman–Crippen LogP) is 4.73. The summed E-state index contributed by atoms with van der Waals surface area (Å²) in [5, 5.41) is 11.6. The van der Waals surface area contributed by atoms with Gasteiger partial charge in [0, 0.05) is 50.5 Å². The number of carbonyl (C=O) groups excluding carboxylic acids is 1. The van der Waals surface area contributed by atoms with Gasteiger partial charge in [0.15, 0.2) is 16.7 Å². The first-order valence-corrected chi connectivity index (χ1v) is 14.9. The lowest BCUT2D eigenvalue weighted by molar-refractivity contribution is -0.139. The van der Waals surface area contributed by atoms with E-state index in [9.17, 15) is 27.2 Å².